The molecule has 0 saturated heterocycles. The van der Waals surface area contributed by atoms with Crippen molar-refractivity contribution in [3.8, 4) is 50.2 Å². The second-order valence-electron chi connectivity index (χ2n) is 22.1. The average molecular weight is 986 g/mol. The molecule has 0 bridgehead atoms. The first-order valence-electron chi connectivity index (χ1n) is 27.0. The van der Waals surface area contributed by atoms with Crippen LogP contribution in [0.25, 0.3) is 82.8 Å². The normalized spacial score (nSPS) is 13.7. The van der Waals surface area contributed by atoms with Gasteiger partial charge < -0.3 is 14.4 Å². The zero-order valence-corrected chi connectivity index (χ0v) is 43.7. The molecule has 2 aliphatic carbocycles. The minimum atomic E-state index is -0.163. The summed E-state index contributed by atoms with van der Waals surface area (Å²) in [6.07, 6.45) is 0. The van der Waals surface area contributed by atoms with Crippen LogP contribution in [-0.2, 0) is 10.8 Å². The Morgan fingerprint density at radius 3 is 1.06 bits per heavy atom. The van der Waals surface area contributed by atoms with Crippen LogP contribution in [0.2, 0.25) is 0 Å². The number of hydrogen-bond donors (Lipinski definition) is 0. The van der Waals surface area contributed by atoms with Gasteiger partial charge in [-0.3, -0.25) is 0 Å². The van der Waals surface area contributed by atoms with Crippen LogP contribution in [0.4, 0.5) is 34.1 Å². The molecular weight excluding hydrogens is 931 g/mol. The third-order valence-electron chi connectivity index (χ3n) is 17.2. The molecule has 0 spiro atoms. The molecule has 0 aliphatic heterocycles. The Morgan fingerprint density at radius 2 is 0.636 bits per heavy atom. The van der Waals surface area contributed by atoms with E-state index in [1.165, 1.54) is 99.3 Å². The highest BCUT2D eigenvalue weighted by molar-refractivity contribution is 6.29. The summed E-state index contributed by atoms with van der Waals surface area (Å²) in [6.45, 7) is 9.50. The molecule has 0 radical (unpaired) electrons. The van der Waals surface area contributed by atoms with Gasteiger partial charge in [0.25, 0.3) is 0 Å². The summed E-state index contributed by atoms with van der Waals surface area (Å²) < 4.78 is 2.47. The van der Waals surface area contributed by atoms with Crippen LogP contribution in [-0.4, -0.2) is 4.57 Å². The van der Waals surface area contributed by atoms with Crippen LogP contribution in [0.3, 0.4) is 0 Å². The minimum absolute atomic E-state index is 0.163. The summed E-state index contributed by atoms with van der Waals surface area (Å²) in [7, 11) is 0. The number of hydrogen-bond acceptors (Lipinski definition) is 2. The van der Waals surface area contributed by atoms with Gasteiger partial charge in [0.2, 0.25) is 0 Å². The predicted octanol–water partition coefficient (Wildman–Crippen LogP) is 20.3. The van der Waals surface area contributed by atoms with E-state index in [1.807, 2.05) is 0 Å². The fourth-order valence-corrected chi connectivity index (χ4v) is 13.4. The number of nitrogens with zero attached hydrogens (tertiary/aromatic N) is 3. The zero-order valence-electron chi connectivity index (χ0n) is 43.7. The lowest BCUT2D eigenvalue weighted by molar-refractivity contribution is 0.660. The summed E-state index contributed by atoms with van der Waals surface area (Å²) in [5.41, 5.74) is 25.4. The maximum absolute atomic E-state index is 2.50. The largest absolute Gasteiger partial charge is 0.310 e. The van der Waals surface area contributed by atoms with E-state index in [0.717, 1.165) is 39.8 Å². The van der Waals surface area contributed by atoms with Crippen molar-refractivity contribution in [2.24, 2.45) is 0 Å². The van der Waals surface area contributed by atoms with E-state index < -0.39 is 0 Å². The van der Waals surface area contributed by atoms with E-state index in [1.54, 1.807) is 0 Å². The molecule has 1 heterocycles. The first kappa shape index (κ1) is 45.0. The van der Waals surface area contributed by atoms with Crippen molar-refractivity contribution in [2.75, 3.05) is 9.80 Å². The molecule has 1 aromatic heterocycles. The van der Waals surface area contributed by atoms with Crippen LogP contribution in [0.15, 0.2) is 261 Å². The molecule has 0 atom stereocenters. The van der Waals surface area contributed by atoms with Gasteiger partial charge in [0.15, 0.2) is 0 Å². The fourth-order valence-electron chi connectivity index (χ4n) is 13.4. The Bertz CT molecular complexity index is 4150. The Labute approximate surface area is 450 Å². The molecule has 0 N–H and O–H groups in total. The zero-order chi connectivity index (χ0) is 51.6. The van der Waals surface area contributed by atoms with E-state index in [-0.39, 0.29) is 10.8 Å². The number of benzene rings is 12. The summed E-state index contributed by atoms with van der Waals surface area (Å²) in [4.78, 5) is 5.00. The average Bonchev–Trinajstić information content (AvgIpc) is 4.05. The Kier molecular flexibility index (Phi) is 9.96. The van der Waals surface area contributed by atoms with Crippen LogP contribution in [0, 0.1) is 0 Å². The molecule has 2 aliphatic rings. The van der Waals surface area contributed by atoms with Gasteiger partial charge in [0, 0.05) is 60.8 Å². The summed E-state index contributed by atoms with van der Waals surface area (Å²) in [5, 5.41) is 4.87. The SMILES string of the molecule is CC1(C)c2ccccc2-c2ccc(N(c3ccc(-c4ccccc4)cc3)c3ccc4c5c3ccc3c(N(c6ccc(-c7ccccc7)cc6)c6ccc7c(c6)C(C)(C)c6ccccc6-7)ccc(c35)n4-c3ccccc3)cc21. The smallest absolute Gasteiger partial charge is 0.0548 e. The lowest BCUT2D eigenvalue weighted by Crippen LogP contribution is -2.17. The van der Waals surface area contributed by atoms with E-state index in [4.69, 9.17) is 0 Å². The molecular formula is C74H55N3. The predicted molar refractivity (Wildman–Crippen MR) is 325 cm³/mol. The molecule has 77 heavy (non-hydrogen) atoms. The molecule has 3 heteroatoms. The van der Waals surface area contributed by atoms with Crippen molar-refractivity contribution in [2.45, 2.75) is 38.5 Å². The fraction of sp³-hybridized carbons (Fsp3) is 0.0811. The van der Waals surface area contributed by atoms with Gasteiger partial charge >= 0.3 is 0 Å². The van der Waals surface area contributed by atoms with Crippen LogP contribution in [0.1, 0.15) is 49.9 Å². The van der Waals surface area contributed by atoms with Crippen molar-refractivity contribution in [3.63, 3.8) is 0 Å². The number of aromatic nitrogens is 1. The lowest BCUT2D eigenvalue weighted by atomic mass is 9.82. The Balaban J connectivity index is 0.970. The van der Waals surface area contributed by atoms with Gasteiger partial charge in [-0.2, -0.15) is 0 Å². The first-order valence-corrected chi connectivity index (χ1v) is 27.0. The number of anilines is 6. The third-order valence-corrected chi connectivity index (χ3v) is 17.2. The van der Waals surface area contributed by atoms with Gasteiger partial charge in [0.05, 0.1) is 22.4 Å². The van der Waals surface area contributed by atoms with E-state index >= 15 is 0 Å². The minimum Gasteiger partial charge on any atom is -0.310 e. The highest BCUT2D eigenvalue weighted by Crippen LogP contribution is 2.55. The van der Waals surface area contributed by atoms with Crippen LogP contribution < -0.4 is 9.80 Å². The van der Waals surface area contributed by atoms with Crippen molar-refractivity contribution in [1.82, 2.24) is 4.57 Å². The van der Waals surface area contributed by atoms with Gasteiger partial charge in [-0.25, -0.2) is 0 Å². The summed E-state index contributed by atoms with van der Waals surface area (Å²) in [5.74, 6) is 0. The molecule has 0 unspecified atom stereocenters. The van der Waals surface area contributed by atoms with Gasteiger partial charge in [-0.1, -0.05) is 204 Å². The van der Waals surface area contributed by atoms with Crippen molar-refractivity contribution >= 4 is 66.7 Å². The number of para-hydroxylation sites is 1. The second-order valence-corrected chi connectivity index (χ2v) is 22.1. The molecule has 12 aromatic carbocycles. The lowest BCUT2D eigenvalue weighted by Gasteiger charge is -2.30. The third kappa shape index (κ3) is 6.83. The quantitative estimate of drug-likeness (QED) is 0.134. The van der Waals surface area contributed by atoms with Gasteiger partial charge in [0.1, 0.15) is 0 Å². The molecule has 366 valence electrons. The van der Waals surface area contributed by atoms with Crippen LogP contribution in [0.5, 0.6) is 0 Å². The van der Waals surface area contributed by atoms with E-state index in [0.29, 0.717) is 0 Å². The number of fused-ring (bicyclic) bond motifs is 6. The molecule has 13 aromatic rings. The van der Waals surface area contributed by atoms with Crippen molar-refractivity contribution in [1.29, 1.82) is 0 Å². The van der Waals surface area contributed by atoms with E-state index in [2.05, 4.69) is 303 Å². The van der Waals surface area contributed by atoms with Crippen molar-refractivity contribution < 1.29 is 0 Å². The Morgan fingerprint density at radius 1 is 0.286 bits per heavy atom. The first-order chi connectivity index (χ1) is 37.7. The molecule has 0 fully saturated rings. The van der Waals surface area contributed by atoms with Crippen molar-refractivity contribution in [3.05, 3.63) is 283 Å². The molecule has 15 rings (SSSR count). The summed E-state index contributed by atoms with van der Waals surface area (Å²) in [6, 6.07) is 97.0. The topological polar surface area (TPSA) is 11.4 Å². The maximum atomic E-state index is 2.50. The van der Waals surface area contributed by atoms with Gasteiger partial charge in [-0.05, 0) is 152 Å². The molecule has 0 amide bonds. The standard InChI is InChI=1S/C74H55N3/c1-73(2)63-26-16-14-24-57(63)59-38-36-55(46-65(59)73)75(53-32-28-50(29-33-53)48-18-8-5-9-19-48)67-42-44-69-71-61(67)40-41-62-68(43-45-70(72(62)71)77(69)52-22-12-7-13-23-52)76(54-34-30-51(31-35-54)49-20-10-6-11-21-49)56-37-39-60-58-25-15-17-27-64(58)74(3,4)66(60)47-56/h5-47H,1-4H3. The molecule has 3 nitrogen and oxygen atoms in total. The van der Waals surface area contributed by atoms with Gasteiger partial charge in [-0.15, -0.1) is 0 Å². The van der Waals surface area contributed by atoms with Crippen LogP contribution >= 0.6 is 0 Å². The molecule has 0 saturated carbocycles. The summed E-state index contributed by atoms with van der Waals surface area (Å²) >= 11 is 0. The second kappa shape index (κ2) is 17.0. The monoisotopic (exact) mass is 985 g/mol. The van der Waals surface area contributed by atoms with E-state index in [9.17, 15) is 0 Å². The number of rotatable bonds is 9. The maximum Gasteiger partial charge on any atom is 0.0548 e. The highest BCUT2D eigenvalue weighted by Gasteiger charge is 2.38. The highest BCUT2D eigenvalue weighted by atomic mass is 15.2. The Hall–Kier alpha value is -9.44.